The van der Waals surface area contributed by atoms with E-state index < -0.39 is 11.8 Å². The van der Waals surface area contributed by atoms with Crippen LogP contribution in [0.3, 0.4) is 0 Å². The maximum absolute atomic E-state index is 13.9. The van der Waals surface area contributed by atoms with Gasteiger partial charge in [0.15, 0.2) is 0 Å². The Labute approximate surface area is 129 Å². The summed E-state index contributed by atoms with van der Waals surface area (Å²) in [6, 6.07) is 1.08. The highest BCUT2D eigenvalue weighted by molar-refractivity contribution is 9.10. The molecule has 1 unspecified atom stereocenters. The second-order valence-electron chi connectivity index (χ2n) is 4.86. The fraction of sp³-hybridized carbons (Fsp3) is 0.308. The number of halogens is 3. The Bertz CT molecular complexity index is 701. The number of aryl methyl sites for hydroxylation is 1. The average Bonchev–Trinajstić information content (AvgIpc) is 2.72. The zero-order valence-corrected chi connectivity index (χ0v) is 12.8. The lowest BCUT2D eigenvalue weighted by Gasteiger charge is -2.18. The molecule has 0 bridgehead atoms. The molecule has 3 rings (SSSR count). The second kappa shape index (κ2) is 5.35. The largest absolute Gasteiger partial charge is 0.478 e. The van der Waals surface area contributed by atoms with Crippen molar-refractivity contribution in [3.63, 3.8) is 0 Å². The van der Waals surface area contributed by atoms with Crippen LogP contribution in [0, 0.1) is 5.82 Å². The molecule has 4 N–H and O–H groups in total. The van der Waals surface area contributed by atoms with Crippen LogP contribution in [-0.4, -0.2) is 22.1 Å². The summed E-state index contributed by atoms with van der Waals surface area (Å²) in [5, 5.41) is 9.80. The van der Waals surface area contributed by atoms with E-state index in [1.165, 1.54) is 0 Å². The van der Waals surface area contributed by atoms with Gasteiger partial charge in [-0.3, -0.25) is 0 Å². The molecule has 0 aliphatic heterocycles. The third kappa shape index (κ3) is 2.21. The van der Waals surface area contributed by atoms with Gasteiger partial charge in [0.1, 0.15) is 5.82 Å². The minimum absolute atomic E-state index is 0. The number of rotatable bonds is 1. The Morgan fingerprint density at radius 2 is 2.25 bits per heavy atom. The van der Waals surface area contributed by atoms with Crippen molar-refractivity contribution in [1.29, 1.82) is 0 Å². The summed E-state index contributed by atoms with van der Waals surface area (Å²) in [5.74, 6) is -1.70. The highest BCUT2D eigenvalue weighted by atomic mass is 79.9. The van der Waals surface area contributed by atoms with Crippen LogP contribution in [0.25, 0.3) is 10.9 Å². The number of aromatic nitrogens is 1. The molecule has 4 nitrogen and oxygen atoms in total. The minimum Gasteiger partial charge on any atom is -0.478 e. The Morgan fingerprint density at radius 1 is 1.55 bits per heavy atom. The summed E-state index contributed by atoms with van der Waals surface area (Å²) in [7, 11) is 0. The molecule has 0 amide bonds. The Morgan fingerprint density at radius 3 is 2.90 bits per heavy atom. The van der Waals surface area contributed by atoms with Crippen LogP contribution in [0.1, 0.15) is 28.0 Å². The molecule has 1 heterocycles. The first-order chi connectivity index (χ1) is 8.99. The molecule has 1 aromatic heterocycles. The molecular formula is C13H13BrClFN2O2. The van der Waals surface area contributed by atoms with E-state index >= 15 is 0 Å². The molecule has 2 aromatic rings. The number of H-pyrrole nitrogens is 1. The zero-order chi connectivity index (χ0) is 13.7. The smallest absolute Gasteiger partial charge is 0.337 e. The third-order valence-corrected chi connectivity index (χ3v) is 4.40. The molecular weight excluding hydrogens is 351 g/mol. The molecule has 1 aliphatic carbocycles. The number of nitrogens with one attached hydrogen (secondary N) is 1. The average molecular weight is 364 g/mol. The lowest BCUT2D eigenvalue weighted by atomic mass is 9.92. The van der Waals surface area contributed by atoms with Gasteiger partial charge in [0.05, 0.1) is 15.6 Å². The summed E-state index contributed by atoms with van der Waals surface area (Å²) in [6.45, 7) is 0. The number of fused-ring (bicyclic) bond motifs is 3. The van der Waals surface area contributed by atoms with Crippen molar-refractivity contribution in [2.45, 2.75) is 25.3 Å². The summed E-state index contributed by atoms with van der Waals surface area (Å²) >= 11 is 3.21. The predicted octanol–water partition coefficient (Wildman–Crippen LogP) is 3.01. The summed E-state index contributed by atoms with van der Waals surface area (Å²) in [4.78, 5) is 14.4. The van der Waals surface area contributed by atoms with Gasteiger partial charge >= 0.3 is 5.97 Å². The standard InChI is InChI=1S/C13H12BrFN2O2.ClH/c14-11-8(15)4-7(13(18)19)12-10(11)6-3-5(16)1-2-9(6)17-12;/h4-5,17H,1-3,16H2,(H,18,19);1H. The summed E-state index contributed by atoms with van der Waals surface area (Å²) in [5.41, 5.74) is 8.27. The van der Waals surface area contributed by atoms with Gasteiger partial charge < -0.3 is 15.8 Å². The molecule has 0 saturated carbocycles. The molecule has 0 spiro atoms. The summed E-state index contributed by atoms with van der Waals surface area (Å²) < 4.78 is 14.2. The van der Waals surface area contributed by atoms with Crippen LogP contribution in [0.15, 0.2) is 10.5 Å². The third-order valence-electron chi connectivity index (χ3n) is 3.62. The first-order valence-electron chi connectivity index (χ1n) is 5.99. The van der Waals surface area contributed by atoms with Gasteiger partial charge in [-0.1, -0.05) is 0 Å². The number of hydrogen-bond acceptors (Lipinski definition) is 2. The topological polar surface area (TPSA) is 79.1 Å². The van der Waals surface area contributed by atoms with E-state index in [1.807, 2.05) is 0 Å². The van der Waals surface area contributed by atoms with Gasteiger partial charge in [-0.15, -0.1) is 12.4 Å². The van der Waals surface area contributed by atoms with E-state index in [-0.39, 0.29) is 24.0 Å². The summed E-state index contributed by atoms with van der Waals surface area (Å²) in [6.07, 6.45) is 2.25. The molecule has 1 aromatic carbocycles. The number of aromatic amines is 1. The Kier molecular flexibility index (Phi) is 4.09. The second-order valence-corrected chi connectivity index (χ2v) is 5.65. The van der Waals surface area contributed by atoms with E-state index in [0.29, 0.717) is 21.8 Å². The maximum Gasteiger partial charge on any atom is 0.337 e. The molecule has 0 fully saturated rings. The van der Waals surface area contributed by atoms with Crippen molar-refractivity contribution in [2.24, 2.45) is 5.73 Å². The first-order valence-corrected chi connectivity index (χ1v) is 6.78. The fourth-order valence-corrected chi connectivity index (χ4v) is 3.27. The highest BCUT2D eigenvalue weighted by Gasteiger charge is 2.25. The monoisotopic (exact) mass is 362 g/mol. The molecule has 1 atom stereocenters. The van der Waals surface area contributed by atoms with Gasteiger partial charge in [0.25, 0.3) is 0 Å². The number of aromatic carboxylic acids is 1. The van der Waals surface area contributed by atoms with Crippen LogP contribution < -0.4 is 5.73 Å². The van der Waals surface area contributed by atoms with Gasteiger partial charge in [-0.2, -0.15) is 0 Å². The molecule has 0 saturated heterocycles. The van der Waals surface area contributed by atoms with Gasteiger partial charge in [-0.05, 0) is 46.8 Å². The number of carboxylic acid groups (broad SMARTS) is 1. The van der Waals surface area contributed by atoms with E-state index in [0.717, 1.165) is 30.2 Å². The molecule has 20 heavy (non-hydrogen) atoms. The molecule has 7 heteroatoms. The van der Waals surface area contributed by atoms with Crippen LogP contribution in [0.5, 0.6) is 0 Å². The number of carboxylic acids is 1. The molecule has 108 valence electrons. The lowest BCUT2D eigenvalue weighted by Crippen LogP contribution is -2.27. The van der Waals surface area contributed by atoms with E-state index in [9.17, 15) is 14.3 Å². The Hall–Kier alpha value is -1.11. The zero-order valence-electron chi connectivity index (χ0n) is 10.4. The number of nitrogens with two attached hydrogens (primary N) is 1. The van der Waals surface area contributed by atoms with Crippen LogP contribution >= 0.6 is 28.3 Å². The highest BCUT2D eigenvalue weighted by Crippen LogP contribution is 2.37. The van der Waals surface area contributed by atoms with Crippen LogP contribution in [0.4, 0.5) is 4.39 Å². The van der Waals surface area contributed by atoms with Crippen molar-refractivity contribution < 1.29 is 14.3 Å². The number of hydrogen-bond donors (Lipinski definition) is 3. The quantitative estimate of drug-likeness (QED) is 0.729. The SMILES string of the molecule is Cl.NC1CCc2[nH]c3c(C(=O)O)cc(F)c(Br)c3c2C1. The number of benzene rings is 1. The van der Waals surface area contributed by atoms with E-state index in [1.54, 1.807) is 0 Å². The lowest BCUT2D eigenvalue weighted by molar-refractivity contribution is 0.0698. The normalized spacial score (nSPS) is 17.6. The van der Waals surface area contributed by atoms with Crippen LogP contribution in [0.2, 0.25) is 0 Å². The van der Waals surface area contributed by atoms with Gasteiger partial charge in [-0.25, -0.2) is 9.18 Å². The predicted molar refractivity (Wildman–Crippen MR) is 80.2 cm³/mol. The van der Waals surface area contributed by atoms with E-state index in [2.05, 4.69) is 20.9 Å². The molecule has 1 aliphatic rings. The minimum atomic E-state index is -1.14. The molecule has 0 radical (unpaired) electrons. The van der Waals surface area contributed by atoms with Gasteiger partial charge in [0, 0.05) is 17.1 Å². The number of carbonyl (C=O) groups is 1. The first kappa shape index (κ1) is 15.3. The van der Waals surface area contributed by atoms with Crippen molar-refractivity contribution in [3.05, 3.63) is 33.2 Å². The van der Waals surface area contributed by atoms with Crippen molar-refractivity contribution in [2.75, 3.05) is 0 Å². The van der Waals surface area contributed by atoms with Gasteiger partial charge in [0.2, 0.25) is 0 Å². The van der Waals surface area contributed by atoms with Crippen molar-refractivity contribution in [3.8, 4) is 0 Å². The van der Waals surface area contributed by atoms with Crippen LogP contribution in [-0.2, 0) is 12.8 Å². The van der Waals surface area contributed by atoms with Crippen molar-refractivity contribution in [1.82, 2.24) is 4.98 Å². The Balaban J connectivity index is 0.00000147. The van der Waals surface area contributed by atoms with E-state index in [4.69, 9.17) is 5.73 Å². The van der Waals surface area contributed by atoms with Crippen molar-refractivity contribution >= 4 is 45.2 Å². The fourth-order valence-electron chi connectivity index (χ4n) is 2.72. The maximum atomic E-state index is 13.9.